The average molecular weight is 384 g/mol. The lowest BCUT2D eigenvalue weighted by atomic mass is 10.1. The molecule has 2 aromatic carbocycles. The van der Waals surface area contributed by atoms with E-state index in [1.165, 1.54) is 11.3 Å². The van der Waals surface area contributed by atoms with Crippen molar-refractivity contribution in [3.8, 4) is 16.5 Å². The van der Waals surface area contributed by atoms with Gasteiger partial charge in [-0.15, -0.1) is 11.3 Å². The highest BCUT2D eigenvalue weighted by atomic mass is 35.5. The summed E-state index contributed by atoms with van der Waals surface area (Å²) in [4.78, 5) is 25.0. The predicted molar refractivity (Wildman–Crippen MR) is 105 cm³/mol. The normalized spacial score (nSPS) is 11.2. The van der Waals surface area contributed by atoms with Crippen molar-refractivity contribution in [2.75, 3.05) is 7.11 Å². The first-order valence-electron chi connectivity index (χ1n) is 7.88. The number of rotatable bonds is 3. The van der Waals surface area contributed by atoms with Crippen molar-refractivity contribution in [3.63, 3.8) is 0 Å². The number of hydrogen-bond acceptors (Lipinski definition) is 6. The fourth-order valence-electron chi connectivity index (χ4n) is 2.89. The number of aromatic nitrogens is 3. The van der Waals surface area contributed by atoms with Crippen LogP contribution in [0, 0.1) is 13.8 Å². The third kappa shape index (κ3) is 2.62. The first-order valence-corrected chi connectivity index (χ1v) is 9.08. The molecule has 26 heavy (non-hydrogen) atoms. The summed E-state index contributed by atoms with van der Waals surface area (Å²) in [5.41, 5.74) is 5.45. The Morgan fingerprint density at radius 3 is 2.69 bits per heavy atom. The van der Waals surface area contributed by atoms with Crippen LogP contribution in [0.1, 0.15) is 21.5 Å². The average Bonchev–Trinajstić information content (AvgIpc) is 3.07. The number of aldehydes is 1. The number of hydrogen-bond donors (Lipinski definition) is 0. The van der Waals surface area contributed by atoms with Crippen LogP contribution in [-0.2, 0) is 0 Å². The molecule has 0 fully saturated rings. The Kier molecular flexibility index (Phi) is 4.09. The number of benzene rings is 2. The number of fused-ring (bicyclic) bond motifs is 2. The Bertz CT molecular complexity index is 1190. The molecule has 0 amide bonds. The van der Waals surface area contributed by atoms with Crippen molar-refractivity contribution in [3.05, 3.63) is 46.1 Å². The predicted octanol–water partition coefficient (Wildman–Crippen LogP) is 5.00. The molecule has 0 radical (unpaired) electrons. The van der Waals surface area contributed by atoms with Crippen molar-refractivity contribution in [2.24, 2.45) is 0 Å². The quantitative estimate of drug-likeness (QED) is 0.466. The Morgan fingerprint density at radius 2 is 1.96 bits per heavy atom. The van der Waals surface area contributed by atoms with Crippen LogP contribution in [0.4, 0.5) is 0 Å². The number of nitrogens with zero attached hydrogens (tertiary/aromatic N) is 3. The summed E-state index contributed by atoms with van der Waals surface area (Å²) in [6.45, 7) is 3.82. The SMILES string of the molecule is COc1cnc2c(-c3nc4c(Cl)c(C)c(C=O)cc4s3)cc(C)cc2n1. The molecule has 0 spiro atoms. The topological polar surface area (TPSA) is 65.0 Å². The molecule has 2 heterocycles. The lowest BCUT2D eigenvalue weighted by molar-refractivity contribution is 0.112. The second-order valence-electron chi connectivity index (χ2n) is 5.98. The van der Waals surface area contributed by atoms with Gasteiger partial charge in [0.1, 0.15) is 16.8 Å². The minimum Gasteiger partial charge on any atom is -0.480 e. The largest absolute Gasteiger partial charge is 0.480 e. The first kappa shape index (κ1) is 16.9. The molecule has 0 aliphatic rings. The van der Waals surface area contributed by atoms with E-state index in [1.54, 1.807) is 13.3 Å². The Hall–Kier alpha value is -2.57. The van der Waals surface area contributed by atoms with Crippen molar-refractivity contribution < 1.29 is 9.53 Å². The van der Waals surface area contributed by atoms with Gasteiger partial charge in [0, 0.05) is 11.1 Å². The highest BCUT2D eigenvalue weighted by Gasteiger charge is 2.17. The first-order chi connectivity index (χ1) is 12.5. The molecule has 0 saturated heterocycles. The molecule has 4 rings (SSSR count). The van der Waals surface area contributed by atoms with E-state index < -0.39 is 0 Å². The monoisotopic (exact) mass is 383 g/mol. The standard InChI is InChI=1S/C19H14ClN3O2S/c1-9-4-12(17-13(5-9)22-15(25-3)7-21-17)19-23-18-14(26-19)6-11(8-24)10(2)16(18)20/h4-8H,1-3H3. The van der Waals surface area contributed by atoms with Gasteiger partial charge in [0.05, 0.1) is 34.1 Å². The number of carbonyl (C=O) groups excluding carboxylic acids is 1. The lowest BCUT2D eigenvalue weighted by Crippen LogP contribution is -1.93. The third-order valence-electron chi connectivity index (χ3n) is 4.25. The van der Waals surface area contributed by atoms with E-state index in [0.717, 1.165) is 43.7 Å². The minimum atomic E-state index is 0.465. The van der Waals surface area contributed by atoms with Gasteiger partial charge in [-0.25, -0.2) is 15.0 Å². The molecule has 5 nitrogen and oxygen atoms in total. The van der Waals surface area contributed by atoms with Crippen molar-refractivity contribution in [1.29, 1.82) is 0 Å². The van der Waals surface area contributed by atoms with Crippen LogP contribution >= 0.6 is 22.9 Å². The maximum atomic E-state index is 11.3. The number of ether oxygens (including phenoxy) is 1. The molecule has 7 heteroatoms. The number of halogens is 1. The number of methoxy groups -OCH3 is 1. The lowest BCUT2D eigenvalue weighted by Gasteiger charge is -2.06. The summed E-state index contributed by atoms with van der Waals surface area (Å²) in [6.07, 6.45) is 2.41. The van der Waals surface area contributed by atoms with Gasteiger partial charge in [-0.1, -0.05) is 11.6 Å². The number of thiazole rings is 1. The molecule has 0 N–H and O–H groups in total. The molecule has 0 unspecified atom stereocenters. The Morgan fingerprint density at radius 1 is 1.15 bits per heavy atom. The van der Waals surface area contributed by atoms with Gasteiger partial charge >= 0.3 is 0 Å². The summed E-state index contributed by atoms with van der Waals surface area (Å²) in [5, 5.41) is 1.30. The Labute approximate surface area is 158 Å². The summed E-state index contributed by atoms with van der Waals surface area (Å²) < 4.78 is 6.04. The number of aryl methyl sites for hydroxylation is 1. The molecular weight excluding hydrogens is 370 g/mol. The fraction of sp³-hybridized carbons (Fsp3) is 0.158. The molecule has 0 aliphatic carbocycles. The van der Waals surface area contributed by atoms with Crippen LogP contribution < -0.4 is 4.74 Å². The van der Waals surface area contributed by atoms with Crippen molar-refractivity contribution >= 4 is 50.5 Å². The minimum absolute atomic E-state index is 0.465. The van der Waals surface area contributed by atoms with E-state index >= 15 is 0 Å². The van der Waals surface area contributed by atoms with Gasteiger partial charge in [-0.05, 0) is 43.2 Å². The van der Waals surface area contributed by atoms with E-state index in [0.29, 0.717) is 22.0 Å². The molecular formula is C19H14ClN3O2S. The summed E-state index contributed by atoms with van der Waals surface area (Å²) in [7, 11) is 1.56. The highest BCUT2D eigenvalue weighted by Crippen LogP contribution is 2.38. The summed E-state index contributed by atoms with van der Waals surface area (Å²) in [6, 6.07) is 5.82. The van der Waals surface area contributed by atoms with E-state index in [1.807, 2.05) is 32.0 Å². The van der Waals surface area contributed by atoms with E-state index in [2.05, 4.69) is 9.97 Å². The van der Waals surface area contributed by atoms with E-state index in [4.69, 9.17) is 21.3 Å². The molecule has 2 aromatic heterocycles. The van der Waals surface area contributed by atoms with Crippen LogP contribution in [-0.4, -0.2) is 28.3 Å². The smallest absolute Gasteiger partial charge is 0.232 e. The van der Waals surface area contributed by atoms with Gasteiger partial charge in [0.15, 0.2) is 0 Å². The second-order valence-corrected chi connectivity index (χ2v) is 7.39. The van der Waals surface area contributed by atoms with Crippen LogP contribution in [0.5, 0.6) is 5.88 Å². The van der Waals surface area contributed by atoms with E-state index in [9.17, 15) is 4.79 Å². The highest BCUT2D eigenvalue weighted by molar-refractivity contribution is 7.21. The molecule has 0 aliphatic heterocycles. The van der Waals surface area contributed by atoms with Crippen LogP contribution in [0.15, 0.2) is 24.4 Å². The van der Waals surface area contributed by atoms with Crippen LogP contribution in [0.25, 0.3) is 31.8 Å². The van der Waals surface area contributed by atoms with Gasteiger partial charge in [0.2, 0.25) is 5.88 Å². The zero-order chi connectivity index (χ0) is 18.4. The van der Waals surface area contributed by atoms with Crippen molar-refractivity contribution in [1.82, 2.24) is 15.0 Å². The molecule has 130 valence electrons. The van der Waals surface area contributed by atoms with E-state index in [-0.39, 0.29) is 0 Å². The maximum Gasteiger partial charge on any atom is 0.232 e. The molecule has 4 aromatic rings. The maximum absolute atomic E-state index is 11.3. The van der Waals surface area contributed by atoms with Crippen LogP contribution in [0.3, 0.4) is 0 Å². The number of carbonyl (C=O) groups is 1. The van der Waals surface area contributed by atoms with Gasteiger partial charge in [-0.3, -0.25) is 4.79 Å². The van der Waals surface area contributed by atoms with Crippen LogP contribution in [0.2, 0.25) is 5.02 Å². The van der Waals surface area contributed by atoms with Gasteiger partial charge in [-0.2, -0.15) is 0 Å². The zero-order valence-electron chi connectivity index (χ0n) is 14.3. The summed E-state index contributed by atoms with van der Waals surface area (Å²) >= 11 is 7.92. The molecule has 0 saturated carbocycles. The molecule has 0 bridgehead atoms. The fourth-order valence-corrected chi connectivity index (χ4v) is 4.24. The Balaban J connectivity index is 2.01. The summed E-state index contributed by atoms with van der Waals surface area (Å²) in [5.74, 6) is 0.465. The van der Waals surface area contributed by atoms with Crippen molar-refractivity contribution in [2.45, 2.75) is 13.8 Å². The van der Waals surface area contributed by atoms with Gasteiger partial charge in [0.25, 0.3) is 0 Å². The zero-order valence-corrected chi connectivity index (χ0v) is 15.9. The second kappa shape index (κ2) is 6.30. The molecule has 0 atom stereocenters. The van der Waals surface area contributed by atoms with Gasteiger partial charge < -0.3 is 4.74 Å². The third-order valence-corrected chi connectivity index (χ3v) is 5.74.